The Morgan fingerprint density at radius 3 is 2.44 bits per heavy atom. The van der Waals surface area contributed by atoms with Crippen molar-refractivity contribution in [2.45, 2.75) is 0 Å². The molecule has 0 radical (unpaired) electrons. The molecule has 3 heteroatoms. The SMILES string of the molecule is O=Cc1c(O)cc2ccc3ccccc3c2c1O. The van der Waals surface area contributed by atoms with Crippen molar-refractivity contribution in [3.8, 4) is 11.5 Å². The Morgan fingerprint density at radius 1 is 0.944 bits per heavy atom. The van der Waals surface area contributed by atoms with E-state index in [0.29, 0.717) is 17.1 Å². The minimum absolute atomic E-state index is 0.0705. The van der Waals surface area contributed by atoms with Crippen LogP contribution >= 0.6 is 0 Å². The zero-order valence-electron chi connectivity index (χ0n) is 9.42. The fourth-order valence-corrected chi connectivity index (χ4v) is 2.27. The number of aromatic hydroxyl groups is 2. The predicted molar refractivity (Wildman–Crippen MR) is 70.2 cm³/mol. The minimum atomic E-state index is -0.203. The lowest BCUT2D eigenvalue weighted by molar-refractivity contribution is 0.111. The van der Waals surface area contributed by atoms with Crippen LogP contribution in [0.1, 0.15) is 10.4 Å². The summed E-state index contributed by atoms with van der Waals surface area (Å²) in [7, 11) is 0. The van der Waals surface area contributed by atoms with E-state index in [9.17, 15) is 15.0 Å². The van der Waals surface area contributed by atoms with Crippen molar-refractivity contribution >= 4 is 27.8 Å². The second-order valence-corrected chi connectivity index (χ2v) is 4.16. The first-order valence-electron chi connectivity index (χ1n) is 5.54. The van der Waals surface area contributed by atoms with Crippen LogP contribution in [0.3, 0.4) is 0 Å². The van der Waals surface area contributed by atoms with Crippen LogP contribution in [0.4, 0.5) is 0 Å². The highest BCUT2D eigenvalue weighted by molar-refractivity contribution is 6.13. The lowest BCUT2D eigenvalue weighted by Gasteiger charge is -2.09. The molecule has 0 heterocycles. The summed E-state index contributed by atoms with van der Waals surface area (Å²) in [6.45, 7) is 0. The third-order valence-electron chi connectivity index (χ3n) is 3.14. The third kappa shape index (κ3) is 1.34. The molecule has 0 fully saturated rings. The standard InChI is InChI=1S/C15H10O3/c16-8-12-13(17)7-10-6-5-9-3-1-2-4-11(9)14(10)15(12)18/h1-8,17-18H. The molecule has 0 amide bonds. The fourth-order valence-electron chi connectivity index (χ4n) is 2.27. The molecule has 0 atom stereocenters. The van der Waals surface area contributed by atoms with Crippen molar-refractivity contribution in [3.63, 3.8) is 0 Å². The van der Waals surface area contributed by atoms with Gasteiger partial charge < -0.3 is 10.2 Å². The van der Waals surface area contributed by atoms with Gasteiger partial charge in [0.25, 0.3) is 0 Å². The summed E-state index contributed by atoms with van der Waals surface area (Å²) in [5.41, 5.74) is -0.0705. The molecule has 3 rings (SSSR count). The second kappa shape index (κ2) is 3.74. The van der Waals surface area contributed by atoms with Gasteiger partial charge in [-0.3, -0.25) is 4.79 Å². The van der Waals surface area contributed by atoms with E-state index in [4.69, 9.17) is 0 Å². The Balaban J connectivity index is 2.60. The van der Waals surface area contributed by atoms with E-state index < -0.39 is 0 Å². The number of aldehydes is 1. The summed E-state index contributed by atoms with van der Waals surface area (Å²) >= 11 is 0. The highest BCUT2D eigenvalue weighted by Gasteiger charge is 2.13. The number of carbonyl (C=O) groups excluding carboxylic acids is 1. The summed E-state index contributed by atoms with van der Waals surface area (Å²) in [5, 5.41) is 22.9. The van der Waals surface area contributed by atoms with Crippen LogP contribution in [0.25, 0.3) is 21.5 Å². The van der Waals surface area contributed by atoms with Gasteiger partial charge in [0, 0.05) is 5.39 Å². The van der Waals surface area contributed by atoms with Gasteiger partial charge in [-0.15, -0.1) is 0 Å². The molecule has 0 spiro atoms. The number of benzene rings is 3. The summed E-state index contributed by atoms with van der Waals surface area (Å²) in [6.07, 6.45) is 0.464. The van der Waals surface area contributed by atoms with Crippen molar-refractivity contribution < 1.29 is 15.0 Å². The lowest BCUT2D eigenvalue weighted by Crippen LogP contribution is -1.86. The Morgan fingerprint density at radius 2 is 1.67 bits per heavy atom. The van der Waals surface area contributed by atoms with E-state index in [2.05, 4.69) is 0 Å². The van der Waals surface area contributed by atoms with E-state index in [0.717, 1.165) is 10.8 Å². The average molecular weight is 238 g/mol. The zero-order valence-corrected chi connectivity index (χ0v) is 9.42. The van der Waals surface area contributed by atoms with Gasteiger partial charge in [0.05, 0.1) is 5.56 Å². The lowest BCUT2D eigenvalue weighted by atomic mass is 9.98. The molecular weight excluding hydrogens is 228 g/mol. The molecule has 88 valence electrons. The highest BCUT2D eigenvalue weighted by Crippen LogP contribution is 2.38. The second-order valence-electron chi connectivity index (χ2n) is 4.16. The van der Waals surface area contributed by atoms with Crippen LogP contribution < -0.4 is 0 Å². The van der Waals surface area contributed by atoms with Gasteiger partial charge in [-0.1, -0.05) is 36.4 Å². The highest BCUT2D eigenvalue weighted by atomic mass is 16.3. The van der Waals surface area contributed by atoms with Crippen LogP contribution in [-0.2, 0) is 0 Å². The molecule has 0 aromatic heterocycles. The van der Waals surface area contributed by atoms with Crippen LogP contribution in [0, 0.1) is 0 Å². The van der Waals surface area contributed by atoms with Crippen molar-refractivity contribution in [3.05, 3.63) is 48.0 Å². The first-order valence-corrected chi connectivity index (χ1v) is 5.54. The Hall–Kier alpha value is -2.55. The van der Waals surface area contributed by atoms with Gasteiger partial charge in [-0.05, 0) is 22.2 Å². The van der Waals surface area contributed by atoms with E-state index in [1.807, 2.05) is 36.4 Å². The van der Waals surface area contributed by atoms with Crippen molar-refractivity contribution in [2.75, 3.05) is 0 Å². The first-order chi connectivity index (χ1) is 8.72. The van der Waals surface area contributed by atoms with E-state index in [1.165, 1.54) is 6.07 Å². The molecule has 3 aromatic carbocycles. The maximum Gasteiger partial charge on any atom is 0.157 e. The van der Waals surface area contributed by atoms with Crippen LogP contribution in [0.5, 0.6) is 11.5 Å². The Bertz CT molecular complexity index is 775. The smallest absolute Gasteiger partial charge is 0.157 e. The largest absolute Gasteiger partial charge is 0.507 e. The molecule has 2 N–H and O–H groups in total. The van der Waals surface area contributed by atoms with Crippen LogP contribution in [0.15, 0.2) is 42.5 Å². The molecular formula is C15H10O3. The predicted octanol–water partition coefficient (Wildman–Crippen LogP) is 3.22. The van der Waals surface area contributed by atoms with Gasteiger partial charge in [-0.2, -0.15) is 0 Å². The van der Waals surface area contributed by atoms with E-state index in [-0.39, 0.29) is 17.1 Å². The van der Waals surface area contributed by atoms with E-state index >= 15 is 0 Å². The first kappa shape index (κ1) is 10.6. The quantitative estimate of drug-likeness (QED) is 0.505. The minimum Gasteiger partial charge on any atom is -0.507 e. The summed E-state index contributed by atoms with van der Waals surface area (Å²) in [6, 6.07) is 12.8. The number of hydrogen-bond donors (Lipinski definition) is 2. The van der Waals surface area contributed by atoms with Gasteiger partial charge in [0.1, 0.15) is 11.5 Å². The summed E-state index contributed by atoms with van der Waals surface area (Å²) in [4.78, 5) is 10.9. The fraction of sp³-hybridized carbons (Fsp3) is 0. The monoisotopic (exact) mass is 238 g/mol. The molecule has 0 saturated carbocycles. The number of phenols is 2. The molecule has 0 aliphatic heterocycles. The number of hydrogen-bond acceptors (Lipinski definition) is 3. The molecule has 3 aromatic rings. The molecule has 0 bridgehead atoms. The number of fused-ring (bicyclic) bond motifs is 3. The third-order valence-corrected chi connectivity index (χ3v) is 3.14. The van der Waals surface area contributed by atoms with Gasteiger partial charge in [0.2, 0.25) is 0 Å². The van der Waals surface area contributed by atoms with Crippen LogP contribution in [0.2, 0.25) is 0 Å². The van der Waals surface area contributed by atoms with Crippen LogP contribution in [-0.4, -0.2) is 16.5 Å². The molecule has 0 aliphatic carbocycles. The van der Waals surface area contributed by atoms with Gasteiger partial charge in [-0.25, -0.2) is 0 Å². The zero-order chi connectivity index (χ0) is 12.7. The molecule has 0 saturated heterocycles. The van der Waals surface area contributed by atoms with Gasteiger partial charge >= 0.3 is 0 Å². The van der Waals surface area contributed by atoms with Crippen molar-refractivity contribution in [1.29, 1.82) is 0 Å². The Kier molecular flexibility index (Phi) is 2.20. The number of carbonyl (C=O) groups is 1. The number of rotatable bonds is 1. The maximum absolute atomic E-state index is 10.9. The average Bonchev–Trinajstić information content (AvgIpc) is 2.38. The van der Waals surface area contributed by atoms with Crippen molar-refractivity contribution in [2.24, 2.45) is 0 Å². The maximum atomic E-state index is 10.9. The normalized spacial score (nSPS) is 10.9. The summed E-state index contributed by atoms with van der Waals surface area (Å²) < 4.78 is 0. The molecule has 3 nitrogen and oxygen atoms in total. The topological polar surface area (TPSA) is 57.5 Å². The summed E-state index contributed by atoms with van der Waals surface area (Å²) in [5.74, 6) is -0.373. The van der Waals surface area contributed by atoms with Crippen molar-refractivity contribution in [1.82, 2.24) is 0 Å². The number of phenolic OH excluding ortho intramolecular Hbond substituents is 2. The molecule has 0 unspecified atom stereocenters. The van der Waals surface area contributed by atoms with Gasteiger partial charge in [0.15, 0.2) is 6.29 Å². The molecule has 0 aliphatic rings. The Labute approximate surface area is 103 Å². The van der Waals surface area contributed by atoms with E-state index in [1.54, 1.807) is 0 Å². The molecule has 18 heavy (non-hydrogen) atoms.